The number of anilines is 1. The molecule has 6 heteroatoms. The van der Waals surface area contributed by atoms with Crippen LogP contribution in [-0.2, 0) is 11.3 Å². The van der Waals surface area contributed by atoms with Crippen molar-refractivity contribution in [3.05, 3.63) is 47.5 Å². The molecule has 2 aromatic heterocycles. The zero-order valence-corrected chi connectivity index (χ0v) is 14.1. The molecule has 24 heavy (non-hydrogen) atoms. The lowest BCUT2D eigenvalue weighted by atomic mass is 10.1. The molecule has 2 aromatic rings. The Morgan fingerprint density at radius 1 is 1.29 bits per heavy atom. The van der Waals surface area contributed by atoms with E-state index in [1.54, 1.807) is 12.4 Å². The van der Waals surface area contributed by atoms with Crippen LogP contribution in [-0.4, -0.2) is 39.9 Å². The summed E-state index contributed by atoms with van der Waals surface area (Å²) in [7, 11) is 0. The summed E-state index contributed by atoms with van der Waals surface area (Å²) in [5.41, 5.74) is 2.28. The average molecular weight is 326 g/mol. The maximum Gasteiger partial charge on any atom is 0.225 e. The first-order valence-electron chi connectivity index (χ1n) is 8.24. The van der Waals surface area contributed by atoms with E-state index in [2.05, 4.69) is 19.9 Å². The van der Waals surface area contributed by atoms with Crippen LogP contribution in [0.4, 0.5) is 5.95 Å². The van der Waals surface area contributed by atoms with Crippen molar-refractivity contribution < 1.29 is 9.53 Å². The molecule has 0 atom stereocenters. The van der Waals surface area contributed by atoms with Crippen molar-refractivity contribution in [1.29, 1.82) is 0 Å². The maximum absolute atomic E-state index is 11.5. The molecular weight excluding hydrogens is 304 g/mol. The Hall–Kier alpha value is -2.34. The lowest BCUT2D eigenvalue weighted by molar-refractivity contribution is 0.0233. The Labute approximate surface area is 141 Å². The van der Waals surface area contributed by atoms with Gasteiger partial charge in [0.15, 0.2) is 5.78 Å². The summed E-state index contributed by atoms with van der Waals surface area (Å²) in [6, 6.07) is 5.85. The second kappa shape index (κ2) is 7.49. The molecule has 126 valence electrons. The molecule has 3 rings (SSSR count). The van der Waals surface area contributed by atoms with Gasteiger partial charge in [0.05, 0.1) is 29.7 Å². The molecule has 0 aliphatic carbocycles. The highest BCUT2D eigenvalue weighted by Crippen LogP contribution is 2.20. The van der Waals surface area contributed by atoms with Gasteiger partial charge < -0.3 is 9.64 Å². The van der Waals surface area contributed by atoms with Crippen LogP contribution in [0.2, 0.25) is 0 Å². The van der Waals surface area contributed by atoms with Gasteiger partial charge in [-0.3, -0.25) is 9.78 Å². The Balaban J connectivity index is 1.53. The number of nitrogens with zero attached hydrogens (tertiary/aromatic N) is 4. The number of pyridine rings is 1. The van der Waals surface area contributed by atoms with Gasteiger partial charge in [-0.15, -0.1) is 0 Å². The molecule has 1 aliphatic heterocycles. The van der Waals surface area contributed by atoms with Crippen molar-refractivity contribution in [2.75, 3.05) is 18.0 Å². The second-order valence-electron chi connectivity index (χ2n) is 6.04. The van der Waals surface area contributed by atoms with Crippen molar-refractivity contribution in [1.82, 2.24) is 15.0 Å². The highest BCUT2D eigenvalue weighted by atomic mass is 16.5. The monoisotopic (exact) mass is 326 g/mol. The molecule has 0 amide bonds. The summed E-state index contributed by atoms with van der Waals surface area (Å²) in [5.74, 6) is 0.696. The molecule has 1 fully saturated rings. The average Bonchev–Trinajstić information content (AvgIpc) is 2.61. The number of carbonyl (C=O) groups is 1. The van der Waals surface area contributed by atoms with Gasteiger partial charge in [-0.25, -0.2) is 9.97 Å². The van der Waals surface area contributed by atoms with Gasteiger partial charge in [-0.1, -0.05) is 6.07 Å². The van der Waals surface area contributed by atoms with E-state index in [-0.39, 0.29) is 11.9 Å². The van der Waals surface area contributed by atoms with Gasteiger partial charge in [0.2, 0.25) is 5.95 Å². The predicted octanol–water partition coefficient (Wildman–Crippen LogP) is 2.57. The van der Waals surface area contributed by atoms with Gasteiger partial charge in [0.1, 0.15) is 0 Å². The molecule has 6 nitrogen and oxygen atoms in total. The fourth-order valence-electron chi connectivity index (χ4n) is 2.86. The van der Waals surface area contributed by atoms with Crippen molar-refractivity contribution in [2.45, 2.75) is 39.4 Å². The summed E-state index contributed by atoms with van der Waals surface area (Å²) in [4.78, 5) is 26.7. The van der Waals surface area contributed by atoms with Crippen LogP contribution in [0.25, 0.3) is 0 Å². The zero-order chi connectivity index (χ0) is 16.9. The van der Waals surface area contributed by atoms with Gasteiger partial charge in [-0.2, -0.15) is 0 Å². The minimum Gasteiger partial charge on any atom is -0.372 e. The number of hydrogen-bond donors (Lipinski definition) is 0. The highest BCUT2D eigenvalue weighted by Gasteiger charge is 2.22. The molecule has 0 N–H and O–H groups in total. The molecule has 1 aliphatic rings. The number of ether oxygens (including phenoxy) is 1. The highest BCUT2D eigenvalue weighted by molar-refractivity contribution is 5.94. The van der Waals surface area contributed by atoms with Crippen molar-refractivity contribution in [3.8, 4) is 0 Å². The van der Waals surface area contributed by atoms with Gasteiger partial charge in [0, 0.05) is 25.5 Å². The topological polar surface area (TPSA) is 68.2 Å². The summed E-state index contributed by atoms with van der Waals surface area (Å²) in [6.45, 7) is 5.65. The van der Waals surface area contributed by atoms with Gasteiger partial charge in [-0.05, 0) is 38.8 Å². The van der Waals surface area contributed by atoms with Gasteiger partial charge in [0.25, 0.3) is 0 Å². The van der Waals surface area contributed by atoms with E-state index in [0.717, 1.165) is 37.3 Å². The van der Waals surface area contributed by atoms with Crippen LogP contribution in [0.15, 0.2) is 30.6 Å². The van der Waals surface area contributed by atoms with Crippen LogP contribution in [0.5, 0.6) is 0 Å². The normalized spacial score (nSPS) is 15.5. The van der Waals surface area contributed by atoms with Crippen molar-refractivity contribution >= 4 is 11.7 Å². The lowest BCUT2D eigenvalue weighted by Gasteiger charge is -2.32. The fraction of sp³-hybridized carbons (Fsp3) is 0.444. The quantitative estimate of drug-likeness (QED) is 0.787. The molecule has 0 unspecified atom stereocenters. The number of piperidine rings is 1. The molecule has 0 spiro atoms. The maximum atomic E-state index is 11.5. The molecular formula is C18H22N4O2. The van der Waals surface area contributed by atoms with E-state index < -0.39 is 0 Å². The number of aryl methyl sites for hydroxylation is 1. The van der Waals surface area contributed by atoms with E-state index in [9.17, 15) is 4.79 Å². The number of carbonyl (C=O) groups excluding carboxylic acids is 1. The number of aromatic nitrogens is 3. The van der Waals surface area contributed by atoms with E-state index in [0.29, 0.717) is 18.1 Å². The summed E-state index contributed by atoms with van der Waals surface area (Å²) >= 11 is 0. The third-order valence-corrected chi connectivity index (χ3v) is 4.26. The Bertz CT molecular complexity index is 697. The fourth-order valence-corrected chi connectivity index (χ4v) is 2.86. The molecule has 1 saturated heterocycles. The minimum absolute atomic E-state index is 0.000629. The van der Waals surface area contributed by atoms with Crippen LogP contribution >= 0.6 is 0 Å². The number of hydrogen-bond acceptors (Lipinski definition) is 6. The minimum atomic E-state index is 0.000629. The first-order chi connectivity index (χ1) is 11.6. The third kappa shape index (κ3) is 3.94. The number of rotatable bonds is 5. The summed E-state index contributed by atoms with van der Waals surface area (Å²) in [6.07, 6.45) is 5.52. The second-order valence-corrected chi connectivity index (χ2v) is 6.04. The summed E-state index contributed by atoms with van der Waals surface area (Å²) < 4.78 is 5.95. The Kier molecular flexibility index (Phi) is 5.15. The van der Waals surface area contributed by atoms with E-state index in [1.165, 1.54) is 6.92 Å². The standard InChI is InChI=1S/C18H22N4O2/c1-13-17(14(2)23)11-20-18(21-13)22-9-6-16(7-10-22)24-12-15-5-3-4-8-19-15/h3-5,8,11,16H,6-7,9-10,12H2,1-2H3. The molecule has 3 heterocycles. The Morgan fingerprint density at radius 3 is 2.71 bits per heavy atom. The summed E-state index contributed by atoms with van der Waals surface area (Å²) in [5, 5.41) is 0. The molecule has 0 bridgehead atoms. The van der Waals surface area contributed by atoms with Crippen molar-refractivity contribution in [3.63, 3.8) is 0 Å². The van der Waals surface area contributed by atoms with Crippen LogP contribution in [0, 0.1) is 6.92 Å². The first-order valence-corrected chi connectivity index (χ1v) is 8.24. The van der Waals surface area contributed by atoms with Crippen LogP contribution < -0.4 is 4.90 Å². The van der Waals surface area contributed by atoms with Crippen LogP contribution in [0.3, 0.4) is 0 Å². The Morgan fingerprint density at radius 2 is 2.08 bits per heavy atom. The smallest absolute Gasteiger partial charge is 0.225 e. The van der Waals surface area contributed by atoms with E-state index in [4.69, 9.17) is 4.74 Å². The SMILES string of the molecule is CC(=O)c1cnc(N2CCC(OCc3ccccn3)CC2)nc1C. The number of Topliss-reactive ketones (excluding diaryl/α,β-unsaturated/α-hetero) is 1. The first kappa shape index (κ1) is 16.5. The predicted molar refractivity (Wildman–Crippen MR) is 91.0 cm³/mol. The van der Waals surface area contributed by atoms with E-state index >= 15 is 0 Å². The molecule has 0 radical (unpaired) electrons. The van der Waals surface area contributed by atoms with Gasteiger partial charge >= 0.3 is 0 Å². The van der Waals surface area contributed by atoms with Crippen LogP contribution in [0.1, 0.15) is 41.5 Å². The lowest BCUT2D eigenvalue weighted by Crippen LogP contribution is -2.38. The molecule has 0 aromatic carbocycles. The van der Waals surface area contributed by atoms with Crippen molar-refractivity contribution in [2.24, 2.45) is 0 Å². The molecule has 0 saturated carbocycles. The largest absolute Gasteiger partial charge is 0.372 e. The van der Waals surface area contributed by atoms with E-state index in [1.807, 2.05) is 25.1 Å². The number of ketones is 1. The zero-order valence-electron chi connectivity index (χ0n) is 14.1. The third-order valence-electron chi connectivity index (χ3n) is 4.26.